The molecule has 140 valence electrons. The van der Waals surface area contributed by atoms with Gasteiger partial charge in [-0.3, -0.25) is 0 Å². The zero-order valence-electron chi connectivity index (χ0n) is 15.3. The molecule has 0 bridgehead atoms. The van der Waals surface area contributed by atoms with Crippen LogP contribution in [0.3, 0.4) is 0 Å². The number of benzene rings is 1. The molecule has 1 heterocycles. The van der Waals surface area contributed by atoms with Gasteiger partial charge < -0.3 is 25.6 Å². The van der Waals surface area contributed by atoms with E-state index in [-0.39, 0.29) is 12.3 Å². The minimum atomic E-state index is -1.17. The second-order valence-electron chi connectivity index (χ2n) is 6.98. The molecule has 1 aromatic heterocycles. The summed E-state index contributed by atoms with van der Waals surface area (Å²) in [5.74, 6) is -0.715. The van der Waals surface area contributed by atoms with Crippen molar-refractivity contribution in [3.8, 4) is 0 Å². The van der Waals surface area contributed by atoms with Crippen molar-refractivity contribution < 1.29 is 19.2 Å². The number of amides is 1. The molecule has 2 aromatic rings. The van der Waals surface area contributed by atoms with Crippen molar-refractivity contribution >= 4 is 28.8 Å². The van der Waals surface area contributed by atoms with Gasteiger partial charge in [-0.2, -0.15) is 0 Å². The third-order valence-electron chi connectivity index (χ3n) is 3.35. The molecule has 8 heteroatoms. The fraction of sp³-hybridized carbons (Fsp3) is 0.389. The Kier molecular flexibility index (Phi) is 5.86. The van der Waals surface area contributed by atoms with Crippen LogP contribution >= 0.6 is 0 Å². The van der Waals surface area contributed by atoms with Crippen molar-refractivity contribution in [2.45, 2.75) is 45.8 Å². The van der Waals surface area contributed by atoms with Crippen molar-refractivity contribution in [3.05, 3.63) is 36.0 Å². The summed E-state index contributed by atoms with van der Waals surface area (Å²) >= 11 is 0. The highest BCUT2D eigenvalue weighted by molar-refractivity contribution is 5.85. The molecule has 2 rings (SSSR count). The lowest BCUT2D eigenvalue weighted by Crippen LogP contribution is -2.44. The molecule has 4 N–H and O–H groups in total. The number of amidine groups is 1. The number of hydrogen-bond acceptors (Lipinski definition) is 5. The van der Waals surface area contributed by atoms with E-state index in [1.807, 2.05) is 45.0 Å². The largest absolute Gasteiger partial charge is 0.434 e. The second-order valence-corrected chi connectivity index (χ2v) is 6.98. The lowest BCUT2D eigenvalue weighted by atomic mass is 10.1. The van der Waals surface area contributed by atoms with Crippen LogP contribution in [-0.2, 0) is 20.8 Å². The fourth-order valence-corrected chi connectivity index (χ4v) is 2.31. The summed E-state index contributed by atoms with van der Waals surface area (Å²) in [6.45, 7) is 6.91. The van der Waals surface area contributed by atoms with Crippen LogP contribution in [0.15, 0.2) is 35.6 Å². The summed E-state index contributed by atoms with van der Waals surface area (Å²) in [6.07, 6.45) is 0.0277. The molecular weight excluding hydrogens is 336 g/mol. The van der Waals surface area contributed by atoms with Gasteiger partial charge in [0.25, 0.3) is 0 Å². The van der Waals surface area contributed by atoms with Gasteiger partial charge in [-0.25, -0.2) is 9.59 Å². The molecule has 0 saturated heterocycles. The quantitative estimate of drug-likeness (QED) is 0.327. The van der Waals surface area contributed by atoms with E-state index < -0.39 is 23.7 Å². The highest BCUT2D eigenvalue weighted by Gasteiger charge is 2.28. The molecule has 26 heavy (non-hydrogen) atoms. The number of alkyl carbamates (subject to hydrolysis) is 1. The van der Waals surface area contributed by atoms with Crippen LogP contribution in [0, 0.1) is 0 Å². The first-order chi connectivity index (χ1) is 12.2. The van der Waals surface area contributed by atoms with Crippen LogP contribution in [0.1, 0.15) is 33.3 Å². The molecule has 1 unspecified atom stereocenters. The molecule has 1 atom stereocenters. The Morgan fingerprint density at radius 3 is 2.65 bits per heavy atom. The number of nitrogens with zero attached hydrogens (tertiary/aromatic N) is 1. The minimum absolute atomic E-state index is 0.0864. The zero-order chi connectivity index (χ0) is 19.3. The van der Waals surface area contributed by atoms with E-state index in [0.717, 1.165) is 16.5 Å². The Morgan fingerprint density at radius 2 is 2.00 bits per heavy atom. The number of fused-ring (bicyclic) bond motifs is 1. The fourth-order valence-electron chi connectivity index (χ4n) is 2.31. The van der Waals surface area contributed by atoms with Crippen molar-refractivity contribution in [1.29, 1.82) is 0 Å². The Morgan fingerprint density at radius 1 is 1.31 bits per heavy atom. The summed E-state index contributed by atoms with van der Waals surface area (Å²) in [7, 11) is 0. The first-order valence-electron chi connectivity index (χ1n) is 8.20. The second kappa shape index (κ2) is 7.90. The summed E-state index contributed by atoms with van der Waals surface area (Å²) in [4.78, 5) is 32.3. The van der Waals surface area contributed by atoms with Crippen molar-refractivity contribution in [2.24, 2.45) is 10.9 Å². The van der Waals surface area contributed by atoms with Crippen LogP contribution in [0.2, 0.25) is 0 Å². The average molecular weight is 360 g/mol. The summed E-state index contributed by atoms with van der Waals surface area (Å²) < 4.78 is 5.29. The van der Waals surface area contributed by atoms with Crippen LogP contribution in [-0.4, -0.2) is 34.5 Å². The number of nitrogens with one attached hydrogen (secondary N) is 2. The predicted octanol–water partition coefficient (Wildman–Crippen LogP) is 2.44. The summed E-state index contributed by atoms with van der Waals surface area (Å²) in [6, 6.07) is 7.63. The molecule has 0 aliphatic heterocycles. The number of oxime groups is 1. The smallest absolute Gasteiger partial charge is 0.408 e. The van der Waals surface area contributed by atoms with Gasteiger partial charge in [-0.1, -0.05) is 23.4 Å². The normalized spacial score (nSPS) is 13.3. The van der Waals surface area contributed by atoms with Crippen LogP contribution in [0.5, 0.6) is 0 Å². The van der Waals surface area contributed by atoms with E-state index in [9.17, 15) is 9.59 Å². The number of carbonyl (C=O) groups excluding carboxylic acids is 2. The van der Waals surface area contributed by atoms with Gasteiger partial charge >= 0.3 is 12.1 Å². The monoisotopic (exact) mass is 360 g/mol. The standard InChI is InChI=1S/C18H24N4O4/c1-11(19)22-26-16(23)15(25-17(24)21-18(2,3)4)9-12-10-20-14-8-6-5-7-13(12)14/h5-8,10,15,20H,9H2,1-4H3,(H2,19,22)(H,21,24). The number of H-pyrrole nitrogens is 1. The van der Waals surface area contributed by atoms with E-state index in [1.165, 1.54) is 6.92 Å². The van der Waals surface area contributed by atoms with Gasteiger partial charge in [0.15, 0.2) is 0 Å². The van der Waals surface area contributed by atoms with Crippen LogP contribution < -0.4 is 11.1 Å². The Balaban J connectivity index is 2.20. The van der Waals surface area contributed by atoms with E-state index >= 15 is 0 Å². The molecule has 0 aliphatic rings. The molecule has 8 nitrogen and oxygen atoms in total. The van der Waals surface area contributed by atoms with Crippen molar-refractivity contribution in [3.63, 3.8) is 0 Å². The van der Waals surface area contributed by atoms with E-state index in [4.69, 9.17) is 15.3 Å². The van der Waals surface area contributed by atoms with Gasteiger partial charge in [-0.15, -0.1) is 0 Å². The lowest BCUT2D eigenvalue weighted by molar-refractivity contribution is -0.153. The Bertz CT molecular complexity index is 816. The highest BCUT2D eigenvalue weighted by Crippen LogP contribution is 2.20. The van der Waals surface area contributed by atoms with Gasteiger partial charge in [0, 0.05) is 29.1 Å². The maximum absolute atomic E-state index is 12.3. The molecule has 1 amide bonds. The first kappa shape index (κ1) is 19.3. The van der Waals surface area contributed by atoms with Crippen molar-refractivity contribution in [2.75, 3.05) is 0 Å². The lowest BCUT2D eigenvalue weighted by Gasteiger charge is -2.22. The van der Waals surface area contributed by atoms with E-state index in [1.54, 1.807) is 6.20 Å². The maximum Gasteiger partial charge on any atom is 0.408 e. The van der Waals surface area contributed by atoms with E-state index in [2.05, 4.69) is 15.5 Å². The first-order valence-corrected chi connectivity index (χ1v) is 8.20. The summed E-state index contributed by atoms with van der Waals surface area (Å²) in [5.41, 5.74) is 6.62. The van der Waals surface area contributed by atoms with Gasteiger partial charge in [0.2, 0.25) is 6.10 Å². The van der Waals surface area contributed by atoms with Crippen LogP contribution in [0.25, 0.3) is 10.9 Å². The SMILES string of the molecule is CC(N)=NOC(=O)C(Cc1c[nH]c2ccccc12)OC(=O)NC(C)(C)C. The number of carbonyl (C=O) groups is 2. The molecule has 0 radical (unpaired) electrons. The molecule has 0 fully saturated rings. The van der Waals surface area contributed by atoms with E-state index in [0.29, 0.717) is 0 Å². The molecule has 0 spiro atoms. The Labute approximate surface area is 151 Å². The van der Waals surface area contributed by atoms with Crippen LogP contribution in [0.4, 0.5) is 4.79 Å². The number of para-hydroxylation sites is 1. The number of aromatic nitrogens is 1. The topological polar surface area (TPSA) is 119 Å². The number of ether oxygens (including phenoxy) is 1. The van der Waals surface area contributed by atoms with Gasteiger partial charge in [0.1, 0.15) is 5.84 Å². The molecular formula is C18H24N4O4. The number of rotatable bonds is 5. The van der Waals surface area contributed by atoms with Gasteiger partial charge in [-0.05, 0) is 39.3 Å². The minimum Gasteiger partial charge on any atom is -0.434 e. The maximum atomic E-state index is 12.3. The highest BCUT2D eigenvalue weighted by atomic mass is 16.7. The average Bonchev–Trinajstić information content (AvgIpc) is 2.93. The number of hydrogen-bond donors (Lipinski definition) is 3. The summed E-state index contributed by atoms with van der Waals surface area (Å²) in [5, 5.41) is 7.03. The molecule has 1 aromatic carbocycles. The third-order valence-corrected chi connectivity index (χ3v) is 3.35. The Hall–Kier alpha value is -3.03. The number of aromatic amines is 1. The number of nitrogens with two attached hydrogens (primary N) is 1. The molecule has 0 aliphatic carbocycles. The molecule has 0 saturated carbocycles. The van der Waals surface area contributed by atoms with Crippen molar-refractivity contribution in [1.82, 2.24) is 10.3 Å². The third kappa shape index (κ3) is 5.51. The van der Waals surface area contributed by atoms with Gasteiger partial charge in [0.05, 0.1) is 0 Å². The predicted molar refractivity (Wildman–Crippen MR) is 98.5 cm³/mol. The zero-order valence-corrected chi connectivity index (χ0v) is 15.3.